The number of hydrogen-bond donors (Lipinski definition) is 1. The molecule has 1 heterocycles. The van der Waals surface area contributed by atoms with Crippen LogP contribution in [0.3, 0.4) is 0 Å². The van der Waals surface area contributed by atoms with Crippen molar-refractivity contribution in [1.82, 2.24) is 10.1 Å². The number of benzene rings is 2. The number of aliphatic hydroxyl groups is 1. The van der Waals surface area contributed by atoms with Crippen molar-refractivity contribution in [3.8, 4) is 22.8 Å². The van der Waals surface area contributed by atoms with Crippen LogP contribution in [0.4, 0.5) is 4.39 Å². The Morgan fingerprint density at radius 2 is 1.79 bits per heavy atom. The van der Waals surface area contributed by atoms with Gasteiger partial charge in [-0.05, 0) is 36.1 Å². The Morgan fingerprint density at radius 1 is 1.08 bits per heavy atom. The largest absolute Gasteiger partial charge is 0.392 e. The van der Waals surface area contributed by atoms with E-state index in [2.05, 4.69) is 36.1 Å². The summed E-state index contributed by atoms with van der Waals surface area (Å²) >= 11 is 0. The van der Waals surface area contributed by atoms with Gasteiger partial charge in [-0.1, -0.05) is 43.3 Å². The molecule has 2 aromatic carbocycles. The monoisotopic (exact) mass is 326 g/mol. The minimum absolute atomic E-state index is 0.239. The summed E-state index contributed by atoms with van der Waals surface area (Å²) in [6, 6.07) is 12.5. The van der Waals surface area contributed by atoms with Crippen molar-refractivity contribution in [2.24, 2.45) is 5.92 Å². The van der Waals surface area contributed by atoms with Gasteiger partial charge in [-0.25, -0.2) is 4.39 Å². The zero-order valence-corrected chi connectivity index (χ0v) is 13.7. The molecule has 0 spiro atoms. The van der Waals surface area contributed by atoms with Crippen LogP contribution in [0.5, 0.6) is 0 Å². The molecule has 24 heavy (non-hydrogen) atoms. The first-order chi connectivity index (χ1) is 11.6. The molecule has 1 aromatic heterocycles. The summed E-state index contributed by atoms with van der Waals surface area (Å²) < 4.78 is 19.1. The van der Waals surface area contributed by atoms with Crippen LogP contribution >= 0.6 is 0 Å². The van der Waals surface area contributed by atoms with Gasteiger partial charge in [-0.3, -0.25) is 0 Å². The highest BCUT2D eigenvalue weighted by Crippen LogP contribution is 2.24. The molecule has 0 fully saturated rings. The minimum Gasteiger partial charge on any atom is -0.392 e. The first-order valence-corrected chi connectivity index (χ1v) is 7.89. The predicted molar refractivity (Wildman–Crippen MR) is 89.6 cm³/mol. The molecule has 0 bridgehead atoms. The highest BCUT2D eigenvalue weighted by molar-refractivity contribution is 5.60. The second kappa shape index (κ2) is 6.93. The van der Waals surface area contributed by atoms with Crippen LogP contribution in [-0.4, -0.2) is 15.2 Å². The molecule has 0 saturated heterocycles. The summed E-state index contributed by atoms with van der Waals surface area (Å²) in [4.78, 5) is 4.33. The molecule has 5 heteroatoms. The van der Waals surface area contributed by atoms with Gasteiger partial charge >= 0.3 is 0 Å². The molecule has 1 N–H and O–H groups in total. The summed E-state index contributed by atoms with van der Waals surface area (Å²) in [5.41, 5.74) is 2.84. The van der Waals surface area contributed by atoms with Gasteiger partial charge in [0.1, 0.15) is 5.82 Å². The van der Waals surface area contributed by atoms with E-state index >= 15 is 0 Å². The zero-order valence-electron chi connectivity index (χ0n) is 13.7. The number of nitrogens with zero attached hydrogens (tertiary/aromatic N) is 2. The lowest BCUT2D eigenvalue weighted by molar-refractivity contribution is 0.276. The quantitative estimate of drug-likeness (QED) is 0.762. The molecule has 0 radical (unpaired) electrons. The molecular weight excluding hydrogens is 307 g/mol. The standard InChI is InChI=1S/C19H19FN2O2/c1-12(2)9-13-3-5-14(6-4-13)19-21-18(22-24-19)15-7-8-16(11-23)17(20)10-15/h3-8,10,12,23H,9,11H2,1-2H3. The molecule has 0 unspecified atom stereocenters. The van der Waals surface area contributed by atoms with Crippen LogP contribution in [0.15, 0.2) is 47.0 Å². The third-order valence-electron chi connectivity index (χ3n) is 3.75. The minimum atomic E-state index is -0.487. The normalized spacial score (nSPS) is 11.2. The van der Waals surface area contributed by atoms with E-state index in [0.29, 0.717) is 23.2 Å². The molecule has 3 aromatic rings. The first-order valence-electron chi connectivity index (χ1n) is 7.89. The maximum Gasteiger partial charge on any atom is 0.258 e. The summed E-state index contributed by atoms with van der Waals surface area (Å²) in [6.45, 7) is 4.02. The zero-order chi connectivity index (χ0) is 17.1. The van der Waals surface area contributed by atoms with Gasteiger partial charge in [0.15, 0.2) is 0 Å². The molecule has 124 valence electrons. The van der Waals surface area contributed by atoms with Crippen molar-refractivity contribution in [1.29, 1.82) is 0 Å². The van der Waals surface area contributed by atoms with Crippen LogP contribution in [0.2, 0.25) is 0 Å². The lowest BCUT2D eigenvalue weighted by Gasteiger charge is -2.04. The van der Waals surface area contributed by atoms with Crippen LogP contribution in [0.1, 0.15) is 25.0 Å². The van der Waals surface area contributed by atoms with Crippen molar-refractivity contribution in [2.45, 2.75) is 26.9 Å². The van der Waals surface area contributed by atoms with Gasteiger partial charge in [0.2, 0.25) is 5.82 Å². The number of halogens is 1. The fraction of sp³-hybridized carbons (Fsp3) is 0.263. The first kappa shape index (κ1) is 16.3. The van der Waals surface area contributed by atoms with E-state index in [1.165, 1.54) is 17.7 Å². The average Bonchev–Trinajstić information content (AvgIpc) is 3.05. The molecule has 0 aliphatic heterocycles. The van der Waals surface area contributed by atoms with Crippen LogP contribution in [-0.2, 0) is 13.0 Å². The van der Waals surface area contributed by atoms with E-state index < -0.39 is 5.82 Å². The summed E-state index contributed by atoms with van der Waals surface area (Å²) in [5, 5.41) is 12.9. The topological polar surface area (TPSA) is 59.2 Å². The van der Waals surface area contributed by atoms with Crippen LogP contribution in [0.25, 0.3) is 22.8 Å². The van der Waals surface area contributed by atoms with Crippen LogP contribution < -0.4 is 0 Å². The Hall–Kier alpha value is -2.53. The van der Waals surface area contributed by atoms with Crippen LogP contribution in [0, 0.1) is 11.7 Å². The van der Waals surface area contributed by atoms with Gasteiger partial charge in [-0.15, -0.1) is 0 Å². The second-order valence-corrected chi connectivity index (χ2v) is 6.18. The van der Waals surface area contributed by atoms with E-state index in [1.54, 1.807) is 6.07 Å². The van der Waals surface area contributed by atoms with E-state index in [-0.39, 0.29) is 12.2 Å². The third kappa shape index (κ3) is 3.51. The third-order valence-corrected chi connectivity index (χ3v) is 3.75. The fourth-order valence-electron chi connectivity index (χ4n) is 2.53. The smallest absolute Gasteiger partial charge is 0.258 e. The summed E-state index contributed by atoms with van der Waals surface area (Å²) in [5.74, 6) is 0.828. The van der Waals surface area contributed by atoms with Crippen molar-refractivity contribution in [3.63, 3.8) is 0 Å². The Kier molecular flexibility index (Phi) is 4.71. The molecular formula is C19H19FN2O2. The highest BCUT2D eigenvalue weighted by Gasteiger charge is 2.12. The van der Waals surface area contributed by atoms with Gasteiger partial charge in [0.25, 0.3) is 5.89 Å². The molecule has 4 nitrogen and oxygen atoms in total. The molecule has 0 amide bonds. The van der Waals surface area contributed by atoms with Crippen molar-refractivity contribution < 1.29 is 14.0 Å². The summed E-state index contributed by atoms with van der Waals surface area (Å²) in [6.07, 6.45) is 1.02. The Labute approximate surface area is 140 Å². The number of aliphatic hydroxyl groups excluding tert-OH is 1. The Balaban J connectivity index is 1.84. The summed E-state index contributed by atoms with van der Waals surface area (Å²) in [7, 11) is 0. The lowest BCUT2D eigenvalue weighted by atomic mass is 10.0. The molecule has 0 atom stereocenters. The van der Waals surface area contributed by atoms with E-state index in [0.717, 1.165) is 12.0 Å². The molecule has 0 saturated carbocycles. The number of aromatic nitrogens is 2. The SMILES string of the molecule is CC(C)Cc1ccc(-c2nc(-c3ccc(CO)c(F)c3)no2)cc1. The predicted octanol–water partition coefficient (Wildman–Crippen LogP) is 4.23. The molecule has 3 rings (SSSR count). The Morgan fingerprint density at radius 3 is 2.42 bits per heavy atom. The van der Waals surface area contributed by atoms with Crippen molar-refractivity contribution in [2.75, 3.05) is 0 Å². The number of hydrogen-bond acceptors (Lipinski definition) is 4. The maximum absolute atomic E-state index is 13.8. The van der Waals surface area contributed by atoms with Crippen molar-refractivity contribution >= 4 is 0 Å². The van der Waals surface area contributed by atoms with Gasteiger partial charge in [0, 0.05) is 16.7 Å². The van der Waals surface area contributed by atoms with Gasteiger partial charge < -0.3 is 9.63 Å². The van der Waals surface area contributed by atoms with E-state index in [4.69, 9.17) is 9.63 Å². The number of rotatable bonds is 5. The highest BCUT2D eigenvalue weighted by atomic mass is 19.1. The van der Waals surface area contributed by atoms with Gasteiger partial charge in [-0.2, -0.15) is 4.98 Å². The van der Waals surface area contributed by atoms with Crippen molar-refractivity contribution in [3.05, 3.63) is 59.4 Å². The average molecular weight is 326 g/mol. The second-order valence-electron chi connectivity index (χ2n) is 6.18. The molecule has 0 aliphatic rings. The molecule has 0 aliphatic carbocycles. The van der Waals surface area contributed by atoms with Gasteiger partial charge in [0.05, 0.1) is 6.61 Å². The fourth-order valence-corrected chi connectivity index (χ4v) is 2.53. The maximum atomic E-state index is 13.8. The lowest BCUT2D eigenvalue weighted by Crippen LogP contribution is -1.93. The van der Waals surface area contributed by atoms with E-state index in [9.17, 15) is 4.39 Å². The Bertz CT molecular complexity index is 826. The van der Waals surface area contributed by atoms with E-state index in [1.807, 2.05) is 12.1 Å².